The topological polar surface area (TPSA) is 113 Å². The lowest BCUT2D eigenvalue weighted by Crippen LogP contribution is -2.60. The first-order valence-electron chi connectivity index (χ1n) is 8.46. The number of likely N-dealkylation sites (tertiary alicyclic amines) is 1. The molecule has 11 heteroatoms. The Morgan fingerprint density at radius 2 is 2.00 bits per heavy atom. The van der Waals surface area contributed by atoms with Gasteiger partial charge in [-0.3, -0.25) is 4.79 Å². The number of nitrogens with one attached hydrogen (secondary N) is 1. The van der Waals surface area contributed by atoms with E-state index in [4.69, 9.17) is 4.42 Å². The van der Waals surface area contributed by atoms with Crippen molar-refractivity contribution in [3.05, 3.63) is 47.5 Å². The lowest BCUT2D eigenvalue weighted by Gasteiger charge is -2.39. The van der Waals surface area contributed by atoms with Gasteiger partial charge in [-0.15, -0.1) is 0 Å². The van der Waals surface area contributed by atoms with Crippen molar-refractivity contribution in [2.24, 2.45) is 0 Å². The van der Waals surface area contributed by atoms with E-state index in [1.54, 1.807) is 0 Å². The first-order valence-corrected chi connectivity index (χ1v) is 10.4. The number of oxazole rings is 1. The van der Waals surface area contributed by atoms with Gasteiger partial charge < -0.3 is 14.4 Å². The van der Waals surface area contributed by atoms with Crippen LogP contribution in [0.3, 0.4) is 0 Å². The number of rotatable bonds is 4. The molecule has 1 fully saturated rings. The molecular formula is C18H15F2N3O5S. The van der Waals surface area contributed by atoms with Gasteiger partial charge in [0.15, 0.2) is 23.0 Å². The second kappa shape index (κ2) is 6.78. The molecule has 0 radical (unpaired) electrons. The molecule has 1 aliphatic rings. The van der Waals surface area contributed by atoms with Gasteiger partial charge in [0.05, 0.1) is 12.3 Å². The standard InChI is InChI=1S/C18H15F2N3O5S/c1-29(26,27)22-11-7-23(8-11)18(25)9-2-3-15-13(5-9)21-17(28-15)10-4-12(19)16(20)14(24)6-10/h2-6,11,22,24H,7-8H2,1H3. The number of benzene rings is 2. The Morgan fingerprint density at radius 1 is 1.28 bits per heavy atom. The van der Waals surface area contributed by atoms with Crippen molar-refractivity contribution >= 4 is 27.0 Å². The van der Waals surface area contributed by atoms with E-state index in [1.807, 2.05) is 0 Å². The molecule has 2 heterocycles. The van der Waals surface area contributed by atoms with Crippen molar-refractivity contribution in [1.29, 1.82) is 0 Å². The number of nitrogens with zero attached hydrogens (tertiary/aromatic N) is 2. The molecule has 4 rings (SSSR count). The molecule has 2 N–H and O–H groups in total. The number of carbonyl (C=O) groups excluding carboxylic acids is 1. The fourth-order valence-electron chi connectivity index (χ4n) is 3.09. The highest BCUT2D eigenvalue weighted by atomic mass is 32.2. The Morgan fingerprint density at radius 3 is 2.66 bits per heavy atom. The third kappa shape index (κ3) is 3.78. The Labute approximate surface area is 163 Å². The summed E-state index contributed by atoms with van der Waals surface area (Å²) in [5.41, 5.74) is 1.01. The average Bonchev–Trinajstić information content (AvgIpc) is 3.04. The van der Waals surface area contributed by atoms with E-state index in [1.165, 1.54) is 23.1 Å². The summed E-state index contributed by atoms with van der Waals surface area (Å²) in [6.07, 6.45) is 1.06. The summed E-state index contributed by atoms with van der Waals surface area (Å²) >= 11 is 0. The molecule has 29 heavy (non-hydrogen) atoms. The first-order chi connectivity index (χ1) is 13.6. The predicted molar refractivity (Wildman–Crippen MR) is 98.7 cm³/mol. The van der Waals surface area contributed by atoms with Gasteiger partial charge >= 0.3 is 0 Å². The number of fused-ring (bicyclic) bond motifs is 1. The molecular weight excluding hydrogens is 408 g/mol. The van der Waals surface area contributed by atoms with Crippen LogP contribution in [0.2, 0.25) is 0 Å². The van der Waals surface area contributed by atoms with Crippen LogP contribution >= 0.6 is 0 Å². The van der Waals surface area contributed by atoms with Crippen LogP contribution in [0.1, 0.15) is 10.4 Å². The number of phenolic OH excluding ortho intramolecular Hbond substituents is 1. The molecule has 0 unspecified atom stereocenters. The second-order valence-corrected chi connectivity index (χ2v) is 8.57. The van der Waals surface area contributed by atoms with Gasteiger partial charge in [0.1, 0.15) is 5.52 Å². The summed E-state index contributed by atoms with van der Waals surface area (Å²) in [4.78, 5) is 18.2. The maximum Gasteiger partial charge on any atom is 0.254 e. The molecule has 0 atom stereocenters. The zero-order valence-corrected chi connectivity index (χ0v) is 15.8. The van der Waals surface area contributed by atoms with Crippen LogP contribution in [0.15, 0.2) is 34.7 Å². The number of hydrogen-bond acceptors (Lipinski definition) is 6. The van der Waals surface area contributed by atoms with Gasteiger partial charge in [-0.2, -0.15) is 4.39 Å². The lowest BCUT2D eigenvalue weighted by molar-refractivity contribution is 0.0592. The number of hydrogen-bond donors (Lipinski definition) is 2. The molecule has 8 nitrogen and oxygen atoms in total. The molecule has 2 aromatic carbocycles. The summed E-state index contributed by atoms with van der Waals surface area (Å²) in [7, 11) is -3.34. The average molecular weight is 423 g/mol. The molecule has 152 valence electrons. The maximum absolute atomic E-state index is 13.5. The second-order valence-electron chi connectivity index (χ2n) is 6.79. The Kier molecular flexibility index (Phi) is 4.50. The normalized spacial score (nSPS) is 14.9. The van der Waals surface area contributed by atoms with E-state index in [0.717, 1.165) is 18.4 Å². The molecule has 1 aliphatic heterocycles. The molecule has 0 bridgehead atoms. The van der Waals surface area contributed by atoms with E-state index >= 15 is 0 Å². The number of carbonyl (C=O) groups is 1. The number of halogens is 2. The van der Waals surface area contributed by atoms with Crippen LogP contribution in [-0.2, 0) is 10.0 Å². The molecule has 1 amide bonds. The summed E-state index contributed by atoms with van der Waals surface area (Å²) in [5.74, 6) is -3.81. The van der Waals surface area contributed by atoms with Crippen molar-refractivity contribution in [2.75, 3.05) is 19.3 Å². The van der Waals surface area contributed by atoms with E-state index in [0.29, 0.717) is 16.7 Å². The number of amides is 1. The minimum Gasteiger partial charge on any atom is -0.505 e. The number of sulfonamides is 1. The van der Waals surface area contributed by atoms with Crippen molar-refractivity contribution in [3.63, 3.8) is 0 Å². The third-order valence-corrected chi connectivity index (χ3v) is 5.20. The van der Waals surface area contributed by atoms with Crippen LogP contribution in [0.5, 0.6) is 5.75 Å². The number of phenols is 1. The van der Waals surface area contributed by atoms with E-state index < -0.39 is 27.4 Å². The highest BCUT2D eigenvalue weighted by molar-refractivity contribution is 7.88. The lowest BCUT2D eigenvalue weighted by atomic mass is 10.1. The highest BCUT2D eigenvalue weighted by Crippen LogP contribution is 2.30. The molecule has 0 spiro atoms. The summed E-state index contributed by atoms with van der Waals surface area (Å²) < 4.78 is 57.1. The van der Waals surface area contributed by atoms with E-state index in [-0.39, 0.29) is 36.5 Å². The van der Waals surface area contributed by atoms with Gasteiger partial charge in [-0.1, -0.05) is 0 Å². The van der Waals surface area contributed by atoms with Gasteiger partial charge in [-0.05, 0) is 30.3 Å². The van der Waals surface area contributed by atoms with E-state index in [9.17, 15) is 27.1 Å². The Balaban J connectivity index is 1.56. The first kappa shape index (κ1) is 19.3. The molecule has 1 saturated heterocycles. The minimum absolute atomic E-state index is 0.0415. The molecule has 0 aliphatic carbocycles. The van der Waals surface area contributed by atoms with Crippen molar-refractivity contribution < 1.29 is 31.5 Å². The maximum atomic E-state index is 13.5. The van der Waals surface area contributed by atoms with Crippen LogP contribution in [0.4, 0.5) is 8.78 Å². The van der Waals surface area contributed by atoms with E-state index in [2.05, 4.69) is 9.71 Å². The van der Waals surface area contributed by atoms with Crippen LogP contribution in [0.25, 0.3) is 22.6 Å². The SMILES string of the molecule is CS(=O)(=O)NC1CN(C(=O)c2ccc3oc(-c4cc(O)c(F)c(F)c4)nc3c2)C1. The molecule has 0 saturated carbocycles. The summed E-state index contributed by atoms with van der Waals surface area (Å²) in [6, 6.07) is 6.05. The summed E-state index contributed by atoms with van der Waals surface area (Å²) in [6.45, 7) is 0.504. The van der Waals surface area contributed by atoms with Crippen LogP contribution in [0, 0.1) is 11.6 Å². The zero-order chi connectivity index (χ0) is 20.9. The predicted octanol–water partition coefficient (Wildman–Crippen LogP) is 1.85. The molecule has 3 aromatic rings. The fourth-order valence-corrected chi connectivity index (χ4v) is 3.84. The van der Waals surface area contributed by atoms with Crippen LogP contribution in [-0.4, -0.2) is 54.7 Å². The minimum atomic E-state index is -3.34. The van der Waals surface area contributed by atoms with Gasteiger partial charge in [-0.25, -0.2) is 22.5 Å². The largest absolute Gasteiger partial charge is 0.505 e. The smallest absolute Gasteiger partial charge is 0.254 e. The third-order valence-electron chi connectivity index (χ3n) is 4.44. The summed E-state index contributed by atoms with van der Waals surface area (Å²) in [5, 5.41) is 9.44. The van der Waals surface area contributed by atoms with Gasteiger partial charge in [0.2, 0.25) is 15.9 Å². The van der Waals surface area contributed by atoms with Crippen molar-refractivity contribution in [1.82, 2.24) is 14.6 Å². The van der Waals surface area contributed by atoms with Crippen molar-refractivity contribution in [3.8, 4) is 17.2 Å². The number of aromatic hydroxyl groups is 1. The van der Waals surface area contributed by atoms with Gasteiger partial charge in [0, 0.05) is 24.2 Å². The van der Waals surface area contributed by atoms with Crippen molar-refractivity contribution in [2.45, 2.75) is 6.04 Å². The molecule has 1 aromatic heterocycles. The fraction of sp³-hybridized carbons (Fsp3) is 0.222. The van der Waals surface area contributed by atoms with Gasteiger partial charge in [0.25, 0.3) is 5.91 Å². The monoisotopic (exact) mass is 423 g/mol. The number of aromatic nitrogens is 1. The zero-order valence-electron chi connectivity index (χ0n) is 15.0. The Bertz CT molecular complexity index is 1210. The highest BCUT2D eigenvalue weighted by Gasteiger charge is 2.33. The quantitative estimate of drug-likeness (QED) is 0.662. The Hall–Kier alpha value is -3.05. The van der Waals surface area contributed by atoms with Crippen LogP contribution < -0.4 is 4.72 Å².